The van der Waals surface area contributed by atoms with Crippen molar-refractivity contribution in [3.63, 3.8) is 0 Å². The Morgan fingerprint density at radius 3 is 2.44 bits per heavy atom. The Kier molecular flexibility index (Phi) is 5.63. The van der Waals surface area contributed by atoms with Crippen LogP contribution in [0.15, 0.2) is 27.6 Å². The Morgan fingerprint density at radius 2 is 1.79 bits per heavy atom. The number of aliphatic hydroxyl groups excluding tert-OH is 1. The highest BCUT2D eigenvalue weighted by molar-refractivity contribution is 7.80. The number of fused-ring (bicyclic) bond motifs is 5. The Balaban J connectivity index is 1.46. The fraction of sp³-hybridized carbons (Fsp3) is 0.792. The molecule has 4 fully saturated rings. The van der Waals surface area contributed by atoms with Crippen LogP contribution in [0.3, 0.4) is 0 Å². The van der Waals surface area contributed by atoms with Gasteiger partial charge in [0, 0.05) is 23.3 Å². The molecule has 0 radical (unpaired) electrons. The molecule has 8 atom stereocenters. The smallest absolute Gasteiger partial charge is 0.397 e. The van der Waals surface area contributed by atoms with Crippen LogP contribution in [0, 0.1) is 22.7 Å². The van der Waals surface area contributed by atoms with E-state index >= 15 is 0 Å². The molecule has 1 aromatic rings. The molecular formula is C24H34O9S. The maximum Gasteiger partial charge on any atom is 0.397 e. The van der Waals surface area contributed by atoms with Gasteiger partial charge in [-0.15, -0.1) is 0 Å². The van der Waals surface area contributed by atoms with E-state index in [1.807, 2.05) is 0 Å². The lowest BCUT2D eigenvalue weighted by Gasteiger charge is -2.66. The lowest BCUT2D eigenvalue weighted by atomic mass is 9.41. The highest BCUT2D eigenvalue weighted by atomic mass is 32.3. The lowest BCUT2D eigenvalue weighted by molar-refractivity contribution is -0.266. The highest BCUT2D eigenvalue weighted by Crippen LogP contribution is 2.71. The number of hydrogen-bond acceptors (Lipinski definition) is 8. The summed E-state index contributed by atoms with van der Waals surface area (Å²) in [5, 5.41) is 34.7. The van der Waals surface area contributed by atoms with Crippen molar-refractivity contribution in [3.05, 3.63) is 34.4 Å². The van der Waals surface area contributed by atoms with Crippen molar-refractivity contribution in [3.8, 4) is 0 Å². The van der Waals surface area contributed by atoms with E-state index in [0.29, 0.717) is 38.5 Å². The molecule has 0 unspecified atom stereocenters. The summed E-state index contributed by atoms with van der Waals surface area (Å²) in [6.07, 6.45) is 4.90. The van der Waals surface area contributed by atoms with Gasteiger partial charge < -0.3 is 19.7 Å². The van der Waals surface area contributed by atoms with Gasteiger partial charge in [0.1, 0.15) is 0 Å². The van der Waals surface area contributed by atoms with Crippen molar-refractivity contribution < 1.29 is 36.9 Å². The predicted molar refractivity (Wildman–Crippen MR) is 120 cm³/mol. The van der Waals surface area contributed by atoms with Gasteiger partial charge in [0.15, 0.2) is 0 Å². The second-order valence-corrected chi connectivity index (χ2v) is 12.4. The van der Waals surface area contributed by atoms with Crippen LogP contribution in [0.25, 0.3) is 0 Å². The van der Waals surface area contributed by atoms with E-state index in [1.54, 1.807) is 6.07 Å². The zero-order valence-corrected chi connectivity index (χ0v) is 20.2. The van der Waals surface area contributed by atoms with Gasteiger partial charge in [0.2, 0.25) is 0 Å². The molecule has 4 aliphatic carbocycles. The van der Waals surface area contributed by atoms with Gasteiger partial charge in [-0.2, -0.15) is 8.42 Å². The minimum atomic E-state index is -4.64. The summed E-state index contributed by atoms with van der Waals surface area (Å²) in [5.74, 6) is -0.223. The van der Waals surface area contributed by atoms with Crippen molar-refractivity contribution in [2.45, 2.75) is 87.9 Å². The van der Waals surface area contributed by atoms with Crippen molar-refractivity contribution in [2.75, 3.05) is 6.61 Å². The van der Waals surface area contributed by atoms with E-state index in [-0.39, 0.29) is 37.2 Å². The highest BCUT2D eigenvalue weighted by Gasteiger charge is 2.71. The van der Waals surface area contributed by atoms with E-state index in [0.717, 1.165) is 12.0 Å². The molecule has 4 aliphatic rings. The first-order chi connectivity index (χ1) is 15.9. The van der Waals surface area contributed by atoms with Crippen LogP contribution in [0.2, 0.25) is 0 Å². The first kappa shape index (κ1) is 24.4. The Hall–Kier alpha value is -1.30. The molecule has 190 valence electrons. The van der Waals surface area contributed by atoms with Gasteiger partial charge in [0.25, 0.3) is 0 Å². The number of aliphatic hydroxyl groups is 3. The molecule has 0 amide bonds. The Bertz CT molecular complexity index is 1100. The minimum Gasteiger partial charge on any atom is -0.431 e. The average Bonchev–Trinajstić information content (AvgIpc) is 3.04. The second kappa shape index (κ2) is 7.85. The molecule has 5 rings (SSSR count). The van der Waals surface area contributed by atoms with Crippen molar-refractivity contribution in [2.24, 2.45) is 22.7 Å². The average molecular weight is 499 g/mol. The van der Waals surface area contributed by atoms with Crippen LogP contribution in [0.5, 0.6) is 0 Å². The number of rotatable bonds is 4. The van der Waals surface area contributed by atoms with Crippen LogP contribution in [0.1, 0.15) is 76.2 Å². The van der Waals surface area contributed by atoms with Crippen LogP contribution >= 0.6 is 0 Å². The molecule has 1 aromatic heterocycles. The molecule has 4 N–H and O–H groups in total. The third kappa shape index (κ3) is 3.37. The van der Waals surface area contributed by atoms with Gasteiger partial charge in [-0.25, -0.2) is 8.98 Å². The van der Waals surface area contributed by atoms with E-state index in [1.165, 1.54) is 12.3 Å². The SMILES string of the molecule is C[C@]12CC[C@H]3[C@H](CC[C@]4(O)C[C@@H](OS(=O)(=O)O)CC[C@]34CO)[C@@]1(O)CC[C@@H]2c1ccc(=O)oc1. The molecule has 4 saturated carbocycles. The van der Waals surface area contributed by atoms with Crippen LogP contribution < -0.4 is 5.63 Å². The van der Waals surface area contributed by atoms with Gasteiger partial charge in [-0.3, -0.25) is 4.55 Å². The molecule has 0 bridgehead atoms. The summed E-state index contributed by atoms with van der Waals surface area (Å²) >= 11 is 0. The molecule has 0 aromatic carbocycles. The zero-order valence-electron chi connectivity index (χ0n) is 19.4. The molecule has 0 spiro atoms. The number of hydrogen-bond donors (Lipinski definition) is 4. The van der Waals surface area contributed by atoms with Crippen molar-refractivity contribution >= 4 is 10.4 Å². The van der Waals surface area contributed by atoms with Crippen LogP contribution in [0.4, 0.5) is 0 Å². The summed E-state index contributed by atoms with van der Waals surface area (Å²) in [6.45, 7) is 1.85. The largest absolute Gasteiger partial charge is 0.431 e. The first-order valence-corrected chi connectivity index (χ1v) is 13.5. The molecule has 1 heterocycles. The molecule has 10 heteroatoms. The standard InChI is InChI=1S/C24H34O9S/c1-21-8-5-18-19(24(21,28)11-7-17(21)15-2-3-20(26)32-13-15)6-10-23(27)12-16(33-34(29,30)31)4-9-22(18,23)14-25/h2-3,13,16-19,25,27-28H,4-12,14H2,1H3,(H,29,30,31)/t16-,17+,18-,19-,21+,22-,23-,24-/m0/s1. The molecular weight excluding hydrogens is 464 g/mol. The van der Waals surface area contributed by atoms with E-state index in [2.05, 4.69) is 6.92 Å². The second-order valence-electron chi connectivity index (χ2n) is 11.3. The van der Waals surface area contributed by atoms with Crippen LogP contribution in [-0.2, 0) is 14.6 Å². The summed E-state index contributed by atoms with van der Waals surface area (Å²) in [5.41, 5.74) is -3.15. The quantitative estimate of drug-likeness (QED) is 0.457. The molecule has 9 nitrogen and oxygen atoms in total. The third-order valence-corrected chi connectivity index (χ3v) is 10.8. The normalized spacial score (nSPS) is 46.4. The van der Waals surface area contributed by atoms with Gasteiger partial charge in [0.05, 0.1) is 30.2 Å². The summed E-state index contributed by atoms with van der Waals surface area (Å²) in [4.78, 5) is 11.5. The monoisotopic (exact) mass is 498 g/mol. The van der Waals surface area contributed by atoms with Gasteiger partial charge >= 0.3 is 16.0 Å². The van der Waals surface area contributed by atoms with Gasteiger partial charge in [-0.1, -0.05) is 6.92 Å². The summed E-state index contributed by atoms with van der Waals surface area (Å²) in [7, 11) is -4.64. The molecule has 0 saturated heterocycles. The van der Waals surface area contributed by atoms with Crippen LogP contribution in [-0.4, -0.2) is 52.2 Å². The van der Waals surface area contributed by atoms with Crippen molar-refractivity contribution in [1.29, 1.82) is 0 Å². The Morgan fingerprint density at radius 1 is 1.06 bits per heavy atom. The van der Waals surface area contributed by atoms with Crippen molar-refractivity contribution in [1.82, 2.24) is 0 Å². The maximum absolute atomic E-state index is 12.2. The van der Waals surface area contributed by atoms with E-state index < -0.39 is 44.2 Å². The van der Waals surface area contributed by atoms with E-state index in [4.69, 9.17) is 13.2 Å². The Labute approximate surface area is 199 Å². The van der Waals surface area contributed by atoms with E-state index in [9.17, 15) is 28.5 Å². The topological polar surface area (TPSA) is 154 Å². The summed E-state index contributed by atoms with van der Waals surface area (Å²) in [6, 6.07) is 3.20. The fourth-order valence-corrected chi connectivity index (χ4v) is 9.18. The minimum absolute atomic E-state index is 0.0118. The molecule has 0 aliphatic heterocycles. The predicted octanol–water partition coefficient (Wildman–Crippen LogP) is 2.16. The first-order valence-electron chi connectivity index (χ1n) is 12.2. The fourth-order valence-electron chi connectivity index (χ4n) is 8.67. The third-order valence-electron chi connectivity index (χ3n) is 10.3. The maximum atomic E-state index is 12.2. The molecule has 34 heavy (non-hydrogen) atoms. The zero-order chi connectivity index (χ0) is 24.6. The summed E-state index contributed by atoms with van der Waals surface area (Å²) < 4.78 is 41.6. The van der Waals surface area contributed by atoms with Gasteiger partial charge in [-0.05, 0) is 80.8 Å². The lowest BCUT2D eigenvalue weighted by Crippen LogP contribution is -2.69.